The van der Waals surface area contributed by atoms with Crippen LogP contribution in [0.3, 0.4) is 0 Å². The Morgan fingerprint density at radius 1 is 0.892 bits per heavy atom. The second kappa shape index (κ2) is 23.7. The molecule has 20 nitrogen and oxygen atoms in total. The molecule has 21 heteroatoms. The number of likely N-dealkylation sites (tertiary alicyclic amines) is 2. The van der Waals surface area contributed by atoms with Gasteiger partial charge in [-0.05, 0) is 93.7 Å². The summed E-state index contributed by atoms with van der Waals surface area (Å²) in [6.07, 6.45) is 8.47. The number of benzene rings is 2. The standard InChI is InChI=1S/C62H75N13O7S/c1-37(2)57(61(79)74-33-45(76)26-52(74)60(78)67-38(3)40-9-11-41(12-10-40)58-39(4)66-36-83-58)54-30-55(70-82-54)72-23-18-62(34-63,19-24-72)35-71-21-16-46(17-22-71)80-47-27-48(28-47)81-56-25-42(15-20-65-56)75-43-13-14-44(75)32-73(31-43)51-29-50(68-69-59(51)64)49-7-5-6-8-53(49)77/h5-12,15,20,25,29-30,36-38,43-48,52,57,76-77H,13-14,16-19,21-24,26-28,31-33,35H2,1-4H3,(H2,64,69)(H,67,78)/t38-,43?,44?,45+,47?,48?,52-,57-/m0/s1. The number of thiazole rings is 1. The van der Waals surface area contributed by atoms with Crippen molar-refractivity contribution in [2.45, 2.75) is 140 Å². The van der Waals surface area contributed by atoms with Crippen molar-refractivity contribution >= 4 is 46.2 Å². The highest BCUT2D eigenvalue weighted by molar-refractivity contribution is 7.13. The third-order valence-electron chi connectivity index (χ3n) is 18.3. The first-order valence-electron chi connectivity index (χ1n) is 29.6. The first-order chi connectivity index (χ1) is 40.2. The van der Waals surface area contributed by atoms with E-state index in [-0.39, 0.29) is 72.9 Å². The van der Waals surface area contributed by atoms with Gasteiger partial charge >= 0.3 is 0 Å². The number of aliphatic hydroxyl groups excluding tert-OH is 1. The van der Waals surface area contributed by atoms with Crippen LogP contribution in [0.15, 0.2) is 89.0 Å². The molecule has 1 aliphatic carbocycles. The quantitative estimate of drug-likeness (QED) is 0.0678. The van der Waals surface area contributed by atoms with Crippen LogP contribution in [0.2, 0.25) is 0 Å². The number of anilines is 4. The predicted octanol–water partition coefficient (Wildman–Crippen LogP) is 7.88. The lowest BCUT2D eigenvalue weighted by atomic mass is 9.79. The molecule has 9 heterocycles. The molecule has 6 aliphatic rings. The molecule has 83 heavy (non-hydrogen) atoms. The largest absolute Gasteiger partial charge is 0.507 e. The zero-order valence-corrected chi connectivity index (χ0v) is 48.5. The molecule has 12 rings (SSSR count). The Labute approximate surface area is 488 Å². The molecule has 0 radical (unpaired) electrons. The van der Waals surface area contributed by atoms with Gasteiger partial charge in [-0.2, -0.15) is 5.26 Å². The molecule has 436 valence electrons. The van der Waals surface area contributed by atoms with E-state index in [4.69, 9.17) is 19.7 Å². The van der Waals surface area contributed by atoms with Crippen LogP contribution in [-0.4, -0.2) is 152 Å². The summed E-state index contributed by atoms with van der Waals surface area (Å²) in [5, 5.41) is 48.1. The number of aromatic hydroxyl groups is 1. The number of amides is 2. The maximum atomic E-state index is 14.5. The number of nitrogens with two attached hydrogens (primary N) is 1. The van der Waals surface area contributed by atoms with E-state index < -0.39 is 23.5 Å². The number of nitrogens with zero attached hydrogens (tertiary/aromatic N) is 11. The number of rotatable bonds is 17. The van der Waals surface area contributed by atoms with E-state index in [0.717, 1.165) is 97.8 Å². The van der Waals surface area contributed by atoms with Gasteiger partial charge in [0.05, 0.1) is 63.3 Å². The number of β-amino-alcohol motifs (C(OH)–C–C–N with tert-alkyl or cyclic N) is 1. The van der Waals surface area contributed by atoms with Crippen LogP contribution in [0.4, 0.5) is 23.0 Å². The number of piperazine rings is 1. The minimum absolute atomic E-state index is 0.0449. The number of nitriles is 1. The number of fused-ring (bicyclic) bond motifs is 2. The van der Waals surface area contributed by atoms with Gasteiger partial charge in [-0.25, -0.2) is 9.97 Å². The van der Waals surface area contributed by atoms with Crippen LogP contribution in [0.25, 0.3) is 21.7 Å². The van der Waals surface area contributed by atoms with E-state index in [9.17, 15) is 25.1 Å². The molecule has 2 bridgehead atoms. The van der Waals surface area contributed by atoms with Gasteiger partial charge in [0.2, 0.25) is 17.7 Å². The van der Waals surface area contributed by atoms with Crippen LogP contribution in [0.1, 0.15) is 108 Å². The van der Waals surface area contributed by atoms with Crippen LogP contribution in [0.5, 0.6) is 11.6 Å². The molecule has 5 saturated heterocycles. The van der Waals surface area contributed by atoms with Crippen molar-refractivity contribution in [2.75, 3.05) is 72.8 Å². The molecular formula is C62H75N13O7S. The van der Waals surface area contributed by atoms with E-state index in [1.165, 1.54) is 4.90 Å². The van der Waals surface area contributed by atoms with Crippen molar-refractivity contribution in [1.29, 1.82) is 5.26 Å². The molecule has 2 amide bonds. The van der Waals surface area contributed by atoms with E-state index in [1.807, 2.05) is 87.9 Å². The average molecular weight is 1150 g/mol. The van der Waals surface area contributed by atoms with Gasteiger partial charge in [0, 0.05) is 113 Å². The predicted molar refractivity (Wildman–Crippen MR) is 316 cm³/mol. The Morgan fingerprint density at radius 3 is 2.34 bits per heavy atom. The number of hydrogen-bond acceptors (Lipinski definition) is 19. The van der Waals surface area contributed by atoms with Crippen LogP contribution >= 0.6 is 11.3 Å². The third-order valence-corrected chi connectivity index (χ3v) is 19.3. The topological polar surface area (TPSA) is 249 Å². The molecule has 1 saturated carbocycles. The summed E-state index contributed by atoms with van der Waals surface area (Å²) in [5.41, 5.74) is 13.9. The van der Waals surface area contributed by atoms with E-state index >= 15 is 0 Å². The molecule has 6 aromatic rings. The minimum atomic E-state index is -0.836. The van der Waals surface area contributed by atoms with E-state index in [1.54, 1.807) is 23.5 Å². The average Bonchev–Trinajstić information content (AvgIpc) is 4.32. The summed E-state index contributed by atoms with van der Waals surface area (Å²) in [4.78, 5) is 49.3. The first-order valence-corrected chi connectivity index (χ1v) is 30.4. The lowest BCUT2D eigenvalue weighted by molar-refractivity contribution is -0.141. The number of para-hydroxylation sites is 1. The fraction of sp³-hybridized carbons (Fsp3) is 0.516. The van der Waals surface area contributed by atoms with Crippen LogP contribution < -0.4 is 30.5 Å². The summed E-state index contributed by atoms with van der Waals surface area (Å²) < 4.78 is 19.0. The number of piperidine rings is 2. The smallest absolute Gasteiger partial charge is 0.243 e. The Bertz CT molecular complexity index is 3300. The first kappa shape index (κ1) is 56.1. The number of phenolic OH excluding ortho intramolecular Hbond substituents is 1. The highest BCUT2D eigenvalue weighted by Crippen LogP contribution is 2.42. The fourth-order valence-electron chi connectivity index (χ4n) is 13.6. The van der Waals surface area contributed by atoms with Gasteiger partial charge in [0.15, 0.2) is 17.4 Å². The number of aromatic nitrogens is 5. The number of nitrogen functional groups attached to an aromatic ring is 1. The number of hydrogen-bond donors (Lipinski definition) is 4. The third kappa shape index (κ3) is 11.8. The monoisotopic (exact) mass is 1150 g/mol. The maximum absolute atomic E-state index is 14.5. The van der Waals surface area contributed by atoms with Gasteiger partial charge in [-0.1, -0.05) is 55.4 Å². The fourth-order valence-corrected chi connectivity index (χ4v) is 14.4. The molecule has 5 aliphatic heterocycles. The molecule has 5 N–H and O–H groups in total. The summed E-state index contributed by atoms with van der Waals surface area (Å²) in [6.45, 7) is 13.1. The van der Waals surface area contributed by atoms with E-state index in [0.29, 0.717) is 67.0 Å². The highest BCUT2D eigenvalue weighted by atomic mass is 32.1. The Balaban J connectivity index is 0.580. The zero-order valence-electron chi connectivity index (χ0n) is 47.7. The summed E-state index contributed by atoms with van der Waals surface area (Å²) in [6, 6.07) is 25.2. The molecule has 2 unspecified atom stereocenters. The number of pyridine rings is 1. The SMILES string of the molecule is Cc1ncsc1-c1ccc([C@H](C)NC(=O)[C@@H]2C[C@@H](O)CN2C(=O)[C@H](c2cc(N3CCC(C#N)(CN4CCC(OC5CC(Oc6cc(N7C8CCC7CN(c7cc(-c9ccccc9O)nnc7N)C8)ccn6)C5)CC4)CC3)no2)C(C)C)cc1. The number of aliphatic hydroxyl groups is 1. The maximum Gasteiger partial charge on any atom is 0.243 e. The molecule has 6 atom stereocenters. The second-order valence-electron chi connectivity index (χ2n) is 24.2. The van der Waals surface area contributed by atoms with Crippen molar-refractivity contribution in [1.82, 2.24) is 40.4 Å². The van der Waals surface area contributed by atoms with Crippen LogP contribution in [0, 0.1) is 29.6 Å². The summed E-state index contributed by atoms with van der Waals surface area (Å²) >= 11 is 1.59. The summed E-state index contributed by atoms with van der Waals surface area (Å²) in [5.74, 6) is 0.736. The number of aryl methyl sites for hydroxylation is 1. The Kier molecular flexibility index (Phi) is 16.0. The van der Waals surface area contributed by atoms with Crippen molar-refractivity contribution in [3.8, 4) is 39.4 Å². The number of carbonyl (C=O) groups excluding carboxylic acids is 2. The van der Waals surface area contributed by atoms with Gasteiger partial charge in [0.1, 0.15) is 23.8 Å². The molecule has 4 aromatic heterocycles. The van der Waals surface area contributed by atoms with Crippen molar-refractivity contribution in [3.05, 3.63) is 102 Å². The molecule has 0 spiro atoms. The van der Waals surface area contributed by atoms with Gasteiger partial charge in [-0.3, -0.25) is 9.59 Å². The minimum Gasteiger partial charge on any atom is -0.507 e. The number of phenols is 1. The van der Waals surface area contributed by atoms with Gasteiger partial charge in [0.25, 0.3) is 0 Å². The van der Waals surface area contributed by atoms with Gasteiger partial charge < -0.3 is 59.8 Å². The Hall–Kier alpha value is -7.38. The zero-order chi connectivity index (χ0) is 57.5. The molecule has 2 aromatic carbocycles. The number of carbonyl (C=O) groups is 2. The lowest BCUT2D eigenvalue weighted by Gasteiger charge is -2.44. The van der Waals surface area contributed by atoms with E-state index in [2.05, 4.69) is 68.4 Å². The normalized spacial score (nSPS) is 24.3. The molecule has 6 fully saturated rings. The lowest BCUT2D eigenvalue weighted by Crippen LogP contribution is -2.54. The Morgan fingerprint density at radius 2 is 1.64 bits per heavy atom. The second-order valence-corrected chi connectivity index (χ2v) is 25.1. The highest BCUT2D eigenvalue weighted by Gasteiger charge is 2.46. The molecular weight excluding hydrogens is 1070 g/mol. The van der Waals surface area contributed by atoms with Crippen LogP contribution in [-0.2, 0) is 14.3 Å². The van der Waals surface area contributed by atoms with Crippen molar-refractivity contribution < 1.29 is 33.8 Å². The number of nitrogens with one attached hydrogen (secondary N) is 1. The van der Waals surface area contributed by atoms with Crippen molar-refractivity contribution in [2.24, 2.45) is 11.3 Å². The van der Waals surface area contributed by atoms with Gasteiger partial charge in [-0.15, -0.1) is 21.5 Å². The van der Waals surface area contributed by atoms with Crippen molar-refractivity contribution in [3.63, 3.8) is 0 Å². The number of ether oxygens (including phenoxy) is 2. The summed E-state index contributed by atoms with van der Waals surface area (Å²) in [7, 11) is 0.